The second-order valence-corrected chi connectivity index (χ2v) is 8.48. The van der Waals surface area contributed by atoms with Gasteiger partial charge in [0.1, 0.15) is 22.3 Å². The molecule has 1 aliphatic rings. The summed E-state index contributed by atoms with van der Waals surface area (Å²) in [5, 5.41) is 3.74. The van der Waals surface area contributed by atoms with Crippen molar-refractivity contribution in [1.29, 1.82) is 0 Å². The average molecular weight is 409 g/mol. The summed E-state index contributed by atoms with van der Waals surface area (Å²) in [4.78, 5) is 19.2. The van der Waals surface area contributed by atoms with Gasteiger partial charge in [-0.25, -0.2) is 4.99 Å². The Morgan fingerprint density at radius 2 is 2.14 bits per heavy atom. The summed E-state index contributed by atoms with van der Waals surface area (Å²) >= 11 is 1.61. The Morgan fingerprint density at radius 3 is 2.90 bits per heavy atom. The molecule has 1 atom stereocenters. The Balaban J connectivity index is 1.70. The summed E-state index contributed by atoms with van der Waals surface area (Å²) < 4.78 is 11.0. The number of amides is 1. The molecule has 150 valence electrons. The van der Waals surface area contributed by atoms with Crippen molar-refractivity contribution in [2.45, 2.75) is 33.1 Å². The van der Waals surface area contributed by atoms with Crippen molar-refractivity contribution in [3.8, 4) is 5.75 Å². The molecule has 1 aromatic carbocycles. The first-order valence-electron chi connectivity index (χ1n) is 9.74. The molecule has 1 unspecified atom stereocenters. The maximum absolute atomic E-state index is 13.3. The molecule has 0 saturated heterocycles. The van der Waals surface area contributed by atoms with Crippen molar-refractivity contribution in [2.75, 3.05) is 12.4 Å². The number of rotatable bonds is 5. The number of hydrogen-bond acceptors (Lipinski definition) is 5. The van der Waals surface area contributed by atoms with Crippen LogP contribution in [0.3, 0.4) is 0 Å². The maximum atomic E-state index is 13.3. The van der Waals surface area contributed by atoms with E-state index in [4.69, 9.17) is 9.15 Å². The van der Waals surface area contributed by atoms with Gasteiger partial charge in [0.15, 0.2) is 0 Å². The van der Waals surface area contributed by atoms with Gasteiger partial charge in [-0.05, 0) is 61.9 Å². The number of aliphatic imine (C=N–C) groups is 1. The highest BCUT2D eigenvalue weighted by molar-refractivity contribution is 7.16. The van der Waals surface area contributed by atoms with Crippen LogP contribution in [0.4, 0.5) is 10.7 Å². The van der Waals surface area contributed by atoms with Gasteiger partial charge >= 0.3 is 0 Å². The minimum atomic E-state index is -0.149. The summed E-state index contributed by atoms with van der Waals surface area (Å²) in [5.74, 6) is 2.62. The first-order valence-corrected chi connectivity index (χ1v) is 10.6. The van der Waals surface area contributed by atoms with Crippen molar-refractivity contribution in [2.24, 2.45) is 10.9 Å². The molecule has 5 nitrogen and oxygen atoms in total. The fraction of sp³-hybridized carbons (Fsp3) is 0.304. The van der Waals surface area contributed by atoms with Crippen LogP contribution in [0, 0.1) is 12.8 Å². The van der Waals surface area contributed by atoms with Crippen LogP contribution in [0.2, 0.25) is 0 Å². The molecule has 3 aromatic rings. The maximum Gasteiger partial charge on any atom is 0.259 e. The van der Waals surface area contributed by atoms with E-state index in [9.17, 15) is 4.79 Å². The second kappa shape index (κ2) is 8.25. The van der Waals surface area contributed by atoms with Crippen LogP contribution >= 0.6 is 11.3 Å². The lowest BCUT2D eigenvalue weighted by atomic mass is 9.88. The van der Waals surface area contributed by atoms with Crippen molar-refractivity contribution in [1.82, 2.24) is 0 Å². The highest BCUT2D eigenvalue weighted by Gasteiger charge is 2.28. The molecule has 29 heavy (non-hydrogen) atoms. The molecule has 1 aliphatic carbocycles. The van der Waals surface area contributed by atoms with E-state index in [-0.39, 0.29) is 5.91 Å². The zero-order chi connectivity index (χ0) is 20.4. The fourth-order valence-corrected chi connectivity index (χ4v) is 4.99. The normalized spacial score (nSPS) is 16.0. The molecule has 0 spiro atoms. The average Bonchev–Trinajstić information content (AvgIpc) is 3.29. The lowest BCUT2D eigenvalue weighted by molar-refractivity contribution is 0.102. The van der Waals surface area contributed by atoms with Crippen LogP contribution in [0.5, 0.6) is 5.75 Å². The standard InChI is InChI=1S/C23H24N2O3S/c1-14-8-11-17-20(12-14)29-23(24-13-16-10-9-15(2)28-16)21(17)22(26)25-18-6-4-5-7-19(18)27-3/h4-7,9-10,13-14H,8,11-12H2,1-3H3,(H,25,26)/b24-13+. The van der Waals surface area contributed by atoms with Crippen molar-refractivity contribution < 1.29 is 13.9 Å². The third kappa shape index (κ3) is 4.12. The highest BCUT2D eigenvalue weighted by atomic mass is 32.1. The molecule has 1 amide bonds. The third-order valence-corrected chi connectivity index (χ3v) is 6.31. The Bertz CT molecular complexity index is 1060. The monoisotopic (exact) mass is 408 g/mol. The van der Waals surface area contributed by atoms with Crippen molar-refractivity contribution in [3.63, 3.8) is 0 Å². The van der Waals surface area contributed by atoms with E-state index in [1.54, 1.807) is 24.7 Å². The fourth-order valence-electron chi connectivity index (χ4n) is 3.64. The number of ether oxygens (including phenoxy) is 1. The van der Waals surface area contributed by atoms with Gasteiger partial charge in [-0.3, -0.25) is 4.79 Å². The Morgan fingerprint density at radius 1 is 1.31 bits per heavy atom. The van der Waals surface area contributed by atoms with E-state index in [0.29, 0.717) is 28.7 Å². The Kier molecular flexibility index (Phi) is 5.53. The summed E-state index contributed by atoms with van der Waals surface area (Å²) in [6.07, 6.45) is 4.66. The zero-order valence-electron chi connectivity index (χ0n) is 16.8. The van der Waals surface area contributed by atoms with E-state index in [2.05, 4.69) is 17.2 Å². The van der Waals surface area contributed by atoms with Gasteiger partial charge in [0.05, 0.1) is 24.6 Å². The van der Waals surface area contributed by atoms with Gasteiger partial charge in [0.2, 0.25) is 0 Å². The number of hydrogen-bond donors (Lipinski definition) is 1. The predicted octanol–water partition coefficient (Wildman–Crippen LogP) is 5.79. The number of methoxy groups -OCH3 is 1. The molecule has 0 radical (unpaired) electrons. The van der Waals surface area contributed by atoms with Crippen LogP contribution < -0.4 is 10.1 Å². The highest BCUT2D eigenvalue weighted by Crippen LogP contribution is 2.41. The first kappa shape index (κ1) is 19.5. The van der Waals surface area contributed by atoms with Crippen LogP contribution in [0.25, 0.3) is 0 Å². The molecule has 1 N–H and O–H groups in total. The number of carbonyl (C=O) groups is 1. The Hall–Kier alpha value is -2.86. The van der Waals surface area contributed by atoms with Crippen LogP contribution in [0.15, 0.2) is 45.8 Å². The number of anilines is 1. The molecule has 4 rings (SSSR count). The van der Waals surface area contributed by atoms with Crippen LogP contribution in [-0.2, 0) is 12.8 Å². The molecular formula is C23H24N2O3S. The number of aryl methyl sites for hydroxylation is 1. The van der Waals surface area contributed by atoms with Gasteiger partial charge in [-0.2, -0.15) is 0 Å². The number of thiophene rings is 1. The molecule has 0 saturated carbocycles. The first-order chi connectivity index (χ1) is 14.0. The van der Waals surface area contributed by atoms with E-state index in [1.165, 1.54) is 4.88 Å². The van der Waals surface area contributed by atoms with Crippen LogP contribution in [-0.4, -0.2) is 19.2 Å². The number of nitrogens with zero attached hydrogens (tertiary/aromatic N) is 1. The third-order valence-electron chi connectivity index (χ3n) is 5.15. The van der Waals surface area contributed by atoms with Gasteiger partial charge < -0.3 is 14.5 Å². The van der Waals surface area contributed by atoms with Gasteiger partial charge in [0.25, 0.3) is 5.91 Å². The predicted molar refractivity (Wildman–Crippen MR) is 117 cm³/mol. The molecule has 0 bridgehead atoms. The smallest absolute Gasteiger partial charge is 0.259 e. The van der Waals surface area contributed by atoms with Gasteiger partial charge in [-0.1, -0.05) is 19.1 Å². The number of carbonyl (C=O) groups excluding carboxylic acids is 1. The summed E-state index contributed by atoms with van der Waals surface area (Å²) in [6, 6.07) is 11.2. The van der Waals surface area contributed by atoms with Gasteiger partial charge in [-0.15, -0.1) is 11.3 Å². The minimum absolute atomic E-state index is 0.149. The summed E-state index contributed by atoms with van der Waals surface area (Å²) in [5.41, 5.74) is 2.45. The summed E-state index contributed by atoms with van der Waals surface area (Å²) in [7, 11) is 1.60. The SMILES string of the molecule is COc1ccccc1NC(=O)c1c(/N=C/c2ccc(C)o2)sc2c1CCC(C)C2. The van der Waals surface area contributed by atoms with Crippen LogP contribution in [0.1, 0.15) is 45.7 Å². The van der Waals surface area contributed by atoms with Crippen molar-refractivity contribution in [3.05, 3.63) is 63.9 Å². The lowest BCUT2D eigenvalue weighted by Gasteiger charge is -2.18. The molecular weight excluding hydrogens is 384 g/mol. The molecule has 6 heteroatoms. The van der Waals surface area contributed by atoms with E-state index >= 15 is 0 Å². The molecule has 0 fully saturated rings. The summed E-state index contributed by atoms with van der Waals surface area (Å²) in [6.45, 7) is 4.15. The van der Waals surface area contributed by atoms with E-state index in [1.807, 2.05) is 43.3 Å². The molecule has 0 aliphatic heterocycles. The molecule has 2 heterocycles. The van der Waals surface area contributed by atoms with Gasteiger partial charge in [0, 0.05) is 4.88 Å². The Labute approximate surface area is 174 Å². The quantitative estimate of drug-likeness (QED) is 0.544. The molecule has 2 aromatic heterocycles. The number of furan rings is 1. The van der Waals surface area contributed by atoms with E-state index in [0.717, 1.165) is 35.6 Å². The number of benzene rings is 1. The van der Waals surface area contributed by atoms with E-state index < -0.39 is 0 Å². The number of nitrogens with one attached hydrogen (secondary N) is 1. The number of fused-ring (bicyclic) bond motifs is 1. The number of para-hydroxylation sites is 2. The van der Waals surface area contributed by atoms with Crippen molar-refractivity contribution >= 4 is 34.1 Å². The minimum Gasteiger partial charge on any atom is -0.495 e. The second-order valence-electron chi connectivity index (χ2n) is 7.39. The lowest BCUT2D eigenvalue weighted by Crippen LogP contribution is -2.17. The zero-order valence-corrected chi connectivity index (χ0v) is 17.6. The topological polar surface area (TPSA) is 63.8 Å². The largest absolute Gasteiger partial charge is 0.495 e.